The molecule has 4 aromatic carbocycles. The number of halogens is 2. The second-order valence-electron chi connectivity index (χ2n) is 7.28. The van der Waals surface area contributed by atoms with Crippen LogP contribution in [0.2, 0.25) is 0 Å². The second-order valence-corrected chi connectivity index (χ2v) is 8.99. The minimum Gasteiger partial charge on any atom is -0.0616 e. The largest absolute Gasteiger partial charge is 0.0616 e. The van der Waals surface area contributed by atoms with Crippen molar-refractivity contribution in [1.82, 2.24) is 0 Å². The van der Waals surface area contributed by atoms with Crippen LogP contribution >= 0.6 is 31.9 Å². The van der Waals surface area contributed by atoms with Crippen LogP contribution in [-0.4, -0.2) is 0 Å². The van der Waals surface area contributed by atoms with Crippen molar-refractivity contribution in [2.24, 2.45) is 0 Å². The molecule has 0 heterocycles. The summed E-state index contributed by atoms with van der Waals surface area (Å²) >= 11 is 7.60. The molecule has 0 saturated heterocycles. The van der Waals surface area contributed by atoms with Gasteiger partial charge in [0.05, 0.1) is 0 Å². The van der Waals surface area contributed by atoms with Crippen molar-refractivity contribution >= 4 is 53.4 Å². The van der Waals surface area contributed by atoms with E-state index in [-0.39, 0.29) is 5.41 Å². The van der Waals surface area contributed by atoms with Gasteiger partial charge in [0.2, 0.25) is 0 Å². The van der Waals surface area contributed by atoms with E-state index in [0.717, 1.165) is 0 Å². The normalized spacial score (nSPS) is 14.7. The van der Waals surface area contributed by atoms with Gasteiger partial charge in [-0.2, -0.15) is 0 Å². The predicted octanol–water partition coefficient (Wildman–Crippen LogP) is 7.82. The molecule has 0 fully saturated rings. The van der Waals surface area contributed by atoms with Crippen molar-refractivity contribution in [3.05, 3.63) is 80.7 Å². The summed E-state index contributed by atoms with van der Waals surface area (Å²) in [5, 5.41) is 5.20. The van der Waals surface area contributed by atoms with Gasteiger partial charge in [-0.25, -0.2) is 0 Å². The maximum atomic E-state index is 3.80. The molecule has 0 saturated carbocycles. The van der Waals surface area contributed by atoms with Gasteiger partial charge in [-0.3, -0.25) is 0 Å². The zero-order chi connectivity index (χ0) is 17.3. The van der Waals surface area contributed by atoms with Gasteiger partial charge in [-0.05, 0) is 55.9 Å². The lowest BCUT2D eigenvalue weighted by atomic mass is 9.82. The summed E-state index contributed by atoms with van der Waals surface area (Å²) in [5.74, 6) is 0. The third-order valence-corrected chi connectivity index (χ3v) is 6.90. The van der Waals surface area contributed by atoms with E-state index >= 15 is 0 Å². The zero-order valence-corrected chi connectivity index (χ0v) is 17.2. The van der Waals surface area contributed by atoms with Gasteiger partial charge in [-0.1, -0.05) is 94.2 Å². The van der Waals surface area contributed by atoms with E-state index < -0.39 is 0 Å². The average molecular weight is 452 g/mol. The summed E-state index contributed by atoms with van der Waals surface area (Å²) < 4.78 is 2.34. The Morgan fingerprint density at radius 2 is 0.960 bits per heavy atom. The van der Waals surface area contributed by atoms with Crippen molar-refractivity contribution in [3.63, 3.8) is 0 Å². The van der Waals surface area contributed by atoms with Gasteiger partial charge in [-0.15, -0.1) is 0 Å². The Balaban J connectivity index is 2.08. The Hall–Kier alpha value is -1.64. The lowest BCUT2D eigenvalue weighted by Gasteiger charge is -2.22. The first-order chi connectivity index (χ1) is 12.0. The van der Waals surface area contributed by atoms with Gasteiger partial charge in [0.25, 0.3) is 0 Å². The van der Waals surface area contributed by atoms with Gasteiger partial charge in [0.15, 0.2) is 0 Å². The number of hydrogen-bond donors (Lipinski definition) is 0. The van der Waals surface area contributed by atoms with Crippen LogP contribution in [0, 0.1) is 0 Å². The quantitative estimate of drug-likeness (QED) is 0.255. The summed E-state index contributed by atoms with van der Waals surface area (Å²) in [6.07, 6.45) is 0. The van der Waals surface area contributed by atoms with Crippen LogP contribution in [0.4, 0.5) is 0 Å². The third kappa shape index (κ3) is 1.98. The molecule has 5 rings (SSSR count). The van der Waals surface area contributed by atoms with Crippen molar-refractivity contribution in [3.8, 4) is 11.1 Å². The van der Waals surface area contributed by atoms with Gasteiger partial charge in [0.1, 0.15) is 0 Å². The highest BCUT2D eigenvalue weighted by Crippen LogP contribution is 2.55. The highest BCUT2D eigenvalue weighted by molar-refractivity contribution is 9.11. The van der Waals surface area contributed by atoms with Crippen LogP contribution in [0.5, 0.6) is 0 Å². The highest BCUT2D eigenvalue weighted by Gasteiger charge is 2.38. The summed E-state index contributed by atoms with van der Waals surface area (Å²) in [7, 11) is 0. The van der Waals surface area contributed by atoms with Crippen LogP contribution < -0.4 is 0 Å². The van der Waals surface area contributed by atoms with Crippen molar-refractivity contribution in [2.45, 2.75) is 19.3 Å². The fourth-order valence-corrected chi connectivity index (χ4v) is 5.48. The van der Waals surface area contributed by atoms with E-state index in [1.54, 1.807) is 0 Å². The molecule has 1 aliphatic rings. The van der Waals surface area contributed by atoms with E-state index in [4.69, 9.17) is 0 Å². The van der Waals surface area contributed by atoms with Gasteiger partial charge in [0, 0.05) is 14.4 Å². The Morgan fingerprint density at radius 3 is 1.36 bits per heavy atom. The molecule has 1 aliphatic carbocycles. The maximum Gasteiger partial charge on any atom is 0.0257 e. The van der Waals surface area contributed by atoms with Gasteiger partial charge < -0.3 is 0 Å². The summed E-state index contributed by atoms with van der Waals surface area (Å²) in [4.78, 5) is 0. The Kier molecular flexibility index (Phi) is 3.24. The Bertz CT molecular complexity index is 1090. The molecule has 0 amide bonds. The molecule has 122 valence electrons. The third-order valence-electron chi connectivity index (χ3n) is 5.58. The van der Waals surface area contributed by atoms with E-state index in [2.05, 4.69) is 106 Å². The average Bonchev–Trinajstić information content (AvgIpc) is 2.84. The topological polar surface area (TPSA) is 0 Å². The second kappa shape index (κ2) is 5.18. The first-order valence-corrected chi connectivity index (χ1v) is 10.0. The molecule has 0 nitrogen and oxygen atoms in total. The van der Waals surface area contributed by atoms with Crippen LogP contribution in [-0.2, 0) is 5.41 Å². The molecule has 0 bridgehead atoms. The molecule has 0 spiro atoms. The fourth-order valence-electron chi connectivity index (χ4n) is 4.33. The number of fused-ring (bicyclic) bond motifs is 7. The molecule has 0 aliphatic heterocycles. The molecule has 0 atom stereocenters. The van der Waals surface area contributed by atoms with E-state index in [1.165, 1.54) is 52.7 Å². The zero-order valence-electron chi connectivity index (χ0n) is 14.0. The molecule has 0 radical (unpaired) electrons. The Morgan fingerprint density at radius 1 is 0.600 bits per heavy atom. The fraction of sp³-hybridized carbons (Fsp3) is 0.130. The minimum absolute atomic E-state index is 0.0240. The molecular weight excluding hydrogens is 436 g/mol. The van der Waals surface area contributed by atoms with E-state index in [9.17, 15) is 0 Å². The molecule has 0 N–H and O–H groups in total. The van der Waals surface area contributed by atoms with Crippen LogP contribution in [0.15, 0.2) is 69.6 Å². The molecule has 0 aromatic heterocycles. The molecule has 2 heteroatoms. The number of rotatable bonds is 0. The maximum absolute atomic E-state index is 3.80. The number of benzene rings is 4. The molecule has 25 heavy (non-hydrogen) atoms. The smallest absolute Gasteiger partial charge is 0.0257 e. The SMILES string of the molecule is CC1(C)c2cc(Br)c3ccccc3c2-c2c1cc(Br)c1ccccc21. The van der Waals surface area contributed by atoms with Crippen LogP contribution in [0.3, 0.4) is 0 Å². The van der Waals surface area contributed by atoms with Crippen LogP contribution in [0.25, 0.3) is 32.7 Å². The molecule has 4 aromatic rings. The van der Waals surface area contributed by atoms with Gasteiger partial charge >= 0.3 is 0 Å². The summed E-state index contributed by atoms with van der Waals surface area (Å²) in [6.45, 7) is 4.67. The Labute approximate surface area is 164 Å². The minimum atomic E-state index is -0.0240. The van der Waals surface area contributed by atoms with E-state index in [0.29, 0.717) is 0 Å². The van der Waals surface area contributed by atoms with E-state index in [1.807, 2.05) is 0 Å². The first kappa shape index (κ1) is 15.6. The lowest BCUT2D eigenvalue weighted by Crippen LogP contribution is -2.15. The van der Waals surface area contributed by atoms with Crippen LogP contribution in [0.1, 0.15) is 25.0 Å². The highest BCUT2D eigenvalue weighted by atomic mass is 79.9. The summed E-state index contributed by atoms with van der Waals surface area (Å²) in [5.41, 5.74) is 5.56. The monoisotopic (exact) mass is 450 g/mol. The predicted molar refractivity (Wildman–Crippen MR) is 114 cm³/mol. The van der Waals surface area contributed by atoms with Crippen molar-refractivity contribution in [2.75, 3.05) is 0 Å². The van der Waals surface area contributed by atoms with Crippen molar-refractivity contribution in [1.29, 1.82) is 0 Å². The number of hydrogen-bond acceptors (Lipinski definition) is 0. The first-order valence-electron chi connectivity index (χ1n) is 8.44. The molecular formula is C23H16Br2. The van der Waals surface area contributed by atoms with Crippen molar-refractivity contribution < 1.29 is 0 Å². The summed E-state index contributed by atoms with van der Waals surface area (Å²) in [6, 6.07) is 22.0. The molecule has 0 unspecified atom stereocenters. The standard InChI is InChI=1S/C23H16Br2/c1-23(2)17-11-19(24)13-7-3-5-9-15(13)21(17)22-16-10-6-4-8-14(16)20(25)12-18(22)23/h3-12H,1-2H3. The lowest BCUT2D eigenvalue weighted by molar-refractivity contribution is 0.660.